The molecule has 0 spiro atoms. The van der Waals surface area contributed by atoms with Crippen molar-refractivity contribution in [3.05, 3.63) is 65.7 Å². The molecule has 2 heterocycles. The lowest BCUT2D eigenvalue weighted by Crippen LogP contribution is -2.49. The number of amides is 2. The Labute approximate surface area is 257 Å². The molecule has 1 saturated carbocycles. The number of fused-ring (bicyclic) bond motifs is 1. The highest BCUT2D eigenvalue weighted by Gasteiger charge is 2.28. The third kappa shape index (κ3) is 7.63. The van der Waals surface area contributed by atoms with Crippen LogP contribution in [0.2, 0.25) is 0 Å². The number of pyridine rings is 1. The molecule has 1 N–H and O–H groups in total. The van der Waals surface area contributed by atoms with Crippen LogP contribution in [-0.4, -0.2) is 83.4 Å². The number of nitrogens with one attached hydrogen (secondary N) is 1. The lowest BCUT2D eigenvalue weighted by atomic mass is 9.84. The van der Waals surface area contributed by atoms with Crippen molar-refractivity contribution in [1.82, 2.24) is 25.0 Å². The van der Waals surface area contributed by atoms with Crippen LogP contribution in [0.5, 0.6) is 0 Å². The van der Waals surface area contributed by atoms with E-state index in [2.05, 4.69) is 48.0 Å². The lowest BCUT2D eigenvalue weighted by molar-refractivity contribution is -0.133. The fraction of sp³-hybridized carbons (Fsp3) is 0.528. The Hall–Kier alpha value is -3.29. The van der Waals surface area contributed by atoms with Gasteiger partial charge >= 0.3 is 0 Å². The highest BCUT2D eigenvalue weighted by molar-refractivity contribution is 6.09. The van der Waals surface area contributed by atoms with Crippen LogP contribution in [0.1, 0.15) is 75.2 Å². The molecule has 7 nitrogen and oxygen atoms in total. The van der Waals surface area contributed by atoms with E-state index in [4.69, 9.17) is 4.98 Å². The predicted molar refractivity (Wildman–Crippen MR) is 175 cm³/mol. The molecule has 1 aliphatic heterocycles. The van der Waals surface area contributed by atoms with Crippen LogP contribution >= 0.6 is 0 Å². The first kappa shape index (κ1) is 31.1. The summed E-state index contributed by atoms with van der Waals surface area (Å²) in [5.41, 5.74) is 4.43. The number of aromatic nitrogens is 1. The van der Waals surface area contributed by atoms with Crippen molar-refractivity contribution in [2.75, 3.05) is 45.8 Å². The van der Waals surface area contributed by atoms with Crippen LogP contribution in [0.3, 0.4) is 0 Å². The molecule has 7 heteroatoms. The van der Waals surface area contributed by atoms with Crippen molar-refractivity contribution in [2.45, 2.75) is 71.9 Å². The predicted octanol–water partition coefficient (Wildman–Crippen LogP) is 5.98. The Balaban J connectivity index is 1.42. The van der Waals surface area contributed by atoms with Gasteiger partial charge in [-0.15, -0.1) is 0 Å². The third-order valence-electron chi connectivity index (χ3n) is 9.63. The molecule has 1 atom stereocenters. The second kappa shape index (κ2) is 14.9. The Morgan fingerprint density at radius 3 is 2.30 bits per heavy atom. The van der Waals surface area contributed by atoms with Crippen molar-refractivity contribution in [3.8, 4) is 11.3 Å². The number of carbonyl (C=O) groups excluding carboxylic acids is 2. The first-order chi connectivity index (χ1) is 21.0. The fourth-order valence-electron chi connectivity index (χ4n) is 6.86. The number of rotatable bonds is 11. The summed E-state index contributed by atoms with van der Waals surface area (Å²) in [7, 11) is 0. The number of piperazine rings is 1. The fourth-order valence-corrected chi connectivity index (χ4v) is 6.86. The van der Waals surface area contributed by atoms with Crippen molar-refractivity contribution >= 4 is 22.7 Å². The van der Waals surface area contributed by atoms with Gasteiger partial charge in [0.1, 0.15) is 0 Å². The van der Waals surface area contributed by atoms with E-state index in [1.165, 1.54) is 32.1 Å². The number of para-hydroxylation sites is 1. The van der Waals surface area contributed by atoms with Gasteiger partial charge < -0.3 is 15.1 Å². The molecule has 1 aromatic heterocycles. The summed E-state index contributed by atoms with van der Waals surface area (Å²) < 4.78 is 0. The highest BCUT2D eigenvalue weighted by atomic mass is 16.2. The normalized spacial score (nSPS) is 17.3. The standard InChI is InChI=1S/C36H49N5O2/c1-4-39(5-2)21-20-33(42)41-24-22-40(23-25-41)26-31-34(36(43)37-27(3)28-14-8-6-9-15-28)30-18-12-13-19-32(30)38-35(31)29-16-10-7-11-17-29/h7,10-13,16-19,27-28H,4-6,8-9,14-15,20-26H2,1-3H3,(H,37,43). The van der Waals surface area contributed by atoms with Crippen LogP contribution in [0.25, 0.3) is 22.2 Å². The van der Waals surface area contributed by atoms with Crippen LogP contribution in [0.4, 0.5) is 0 Å². The summed E-state index contributed by atoms with van der Waals surface area (Å²) in [6, 6.07) is 18.4. The van der Waals surface area contributed by atoms with E-state index in [0.29, 0.717) is 32.0 Å². The van der Waals surface area contributed by atoms with Crippen LogP contribution in [0.15, 0.2) is 54.6 Å². The number of hydrogen-bond donors (Lipinski definition) is 1. The minimum absolute atomic E-state index is 0.00549. The summed E-state index contributed by atoms with van der Waals surface area (Å²) in [6.45, 7) is 12.8. The average Bonchev–Trinajstić information content (AvgIpc) is 3.05. The number of carbonyl (C=O) groups is 2. The van der Waals surface area contributed by atoms with Gasteiger partial charge in [0.25, 0.3) is 5.91 Å². The molecular weight excluding hydrogens is 534 g/mol. The van der Waals surface area contributed by atoms with E-state index in [0.717, 1.165) is 66.0 Å². The zero-order valence-electron chi connectivity index (χ0n) is 26.4. The maximum absolute atomic E-state index is 14.3. The molecule has 1 saturated heterocycles. The molecule has 1 aliphatic carbocycles. The smallest absolute Gasteiger partial charge is 0.252 e. The molecule has 2 amide bonds. The number of nitrogens with zero attached hydrogens (tertiary/aromatic N) is 4. The van der Waals surface area contributed by atoms with Gasteiger partial charge in [0.15, 0.2) is 0 Å². The van der Waals surface area contributed by atoms with E-state index >= 15 is 0 Å². The molecule has 0 radical (unpaired) electrons. The number of hydrogen-bond acceptors (Lipinski definition) is 5. The number of benzene rings is 2. The van der Waals surface area contributed by atoms with E-state index < -0.39 is 0 Å². The minimum Gasteiger partial charge on any atom is -0.349 e. The molecule has 1 unspecified atom stereocenters. The summed E-state index contributed by atoms with van der Waals surface area (Å²) >= 11 is 0. The van der Waals surface area contributed by atoms with Crippen molar-refractivity contribution < 1.29 is 9.59 Å². The van der Waals surface area contributed by atoms with Crippen LogP contribution in [0, 0.1) is 5.92 Å². The molecular formula is C36H49N5O2. The second-order valence-corrected chi connectivity index (χ2v) is 12.3. The van der Waals surface area contributed by atoms with Crippen LogP contribution < -0.4 is 5.32 Å². The minimum atomic E-state index is -0.00549. The van der Waals surface area contributed by atoms with Gasteiger partial charge in [-0.05, 0) is 44.8 Å². The van der Waals surface area contributed by atoms with Gasteiger partial charge in [-0.1, -0.05) is 81.6 Å². The molecule has 0 bridgehead atoms. The molecule has 2 aromatic carbocycles. The van der Waals surface area contributed by atoms with E-state index in [9.17, 15) is 9.59 Å². The van der Waals surface area contributed by atoms with Gasteiger partial charge in [-0.25, -0.2) is 4.98 Å². The molecule has 43 heavy (non-hydrogen) atoms. The monoisotopic (exact) mass is 583 g/mol. The van der Waals surface area contributed by atoms with E-state index in [1.54, 1.807) is 0 Å². The van der Waals surface area contributed by atoms with Crippen molar-refractivity contribution in [1.29, 1.82) is 0 Å². The Morgan fingerprint density at radius 2 is 1.60 bits per heavy atom. The second-order valence-electron chi connectivity index (χ2n) is 12.3. The quantitative estimate of drug-likeness (QED) is 0.301. The lowest BCUT2D eigenvalue weighted by Gasteiger charge is -2.36. The molecule has 3 aromatic rings. The average molecular weight is 584 g/mol. The largest absolute Gasteiger partial charge is 0.349 e. The summed E-state index contributed by atoms with van der Waals surface area (Å²) in [5, 5.41) is 4.33. The van der Waals surface area contributed by atoms with Crippen molar-refractivity contribution in [2.24, 2.45) is 5.92 Å². The van der Waals surface area contributed by atoms with Gasteiger partial charge in [0.2, 0.25) is 5.91 Å². The Morgan fingerprint density at radius 1 is 0.930 bits per heavy atom. The zero-order valence-corrected chi connectivity index (χ0v) is 26.4. The molecule has 2 fully saturated rings. The molecule has 2 aliphatic rings. The van der Waals surface area contributed by atoms with Gasteiger partial charge in [0.05, 0.1) is 16.8 Å². The SMILES string of the molecule is CCN(CC)CCC(=O)N1CCN(Cc2c(-c3ccccc3)nc3ccccc3c2C(=O)NC(C)C2CCCCC2)CC1. The maximum Gasteiger partial charge on any atom is 0.252 e. The third-order valence-corrected chi connectivity index (χ3v) is 9.63. The first-order valence-corrected chi connectivity index (χ1v) is 16.5. The van der Waals surface area contributed by atoms with Crippen molar-refractivity contribution in [3.63, 3.8) is 0 Å². The van der Waals surface area contributed by atoms with Gasteiger partial charge in [-0.2, -0.15) is 0 Å². The maximum atomic E-state index is 14.3. The highest BCUT2D eigenvalue weighted by Crippen LogP contribution is 2.33. The topological polar surface area (TPSA) is 68.8 Å². The van der Waals surface area contributed by atoms with Gasteiger partial charge in [0, 0.05) is 68.2 Å². The first-order valence-electron chi connectivity index (χ1n) is 16.5. The van der Waals surface area contributed by atoms with E-state index in [1.807, 2.05) is 47.4 Å². The summed E-state index contributed by atoms with van der Waals surface area (Å²) in [4.78, 5) is 39.1. The molecule has 230 valence electrons. The Bertz CT molecular complexity index is 1360. The van der Waals surface area contributed by atoms with Gasteiger partial charge in [-0.3, -0.25) is 14.5 Å². The Kier molecular flexibility index (Phi) is 10.8. The molecule has 5 rings (SSSR count). The van der Waals surface area contributed by atoms with E-state index in [-0.39, 0.29) is 17.9 Å². The summed E-state index contributed by atoms with van der Waals surface area (Å²) in [6.07, 6.45) is 6.72. The summed E-state index contributed by atoms with van der Waals surface area (Å²) in [5.74, 6) is 0.755. The zero-order chi connectivity index (χ0) is 30.2. The van der Waals surface area contributed by atoms with Crippen LogP contribution in [-0.2, 0) is 11.3 Å².